The number of amides is 2. The normalized spacial score (nSPS) is 29.9. The van der Waals surface area contributed by atoms with E-state index in [9.17, 15) is 9.59 Å². The van der Waals surface area contributed by atoms with Gasteiger partial charge in [0.05, 0.1) is 5.41 Å². The van der Waals surface area contributed by atoms with Gasteiger partial charge in [-0.2, -0.15) is 0 Å². The fraction of sp³-hybridized carbons (Fsp3) is 0.833. The van der Waals surface area contributed by atoms with Crippen LogP contribution in [-0.2, 0) is 9.59 Å². The topological polar surface area (TPSA) is 49.4 Å². The summed E-state index contributed by atoms with van der Waals surface area (Å²) in [5, 5.41) is 3.37. The van der Waals surface area contributed by atoms with Gasteiger partial charge >= 0.3 is 0 Å². The summed E-state index contributed by atoms with van der Waals surface area (Å²) in [7, 11) is 0. The van der Waals surface area contributed by atoms with Crippen molar-refractivity contribution in [3.63, 3.8) is 0 Å². The number of hydrogen-bond donors (Lipinski definition) is 1. The summed E-state index contributed by atoms with van der Waals surface area (Å²) in [6, 6.07) is 0.301. The number of rotatable bonds is 2. The molecule has 2 aliphatic rings. The smallest absolute Gasteiger partial charge is 0.235 e. The van der Waals surface area contributed by atoms with E-state index in [1.165, 1.54) is 17.7 Å². The van der Waals surface area contributed by atoms with Crippen molar-refractivity contribution in [2.75, 3.05) is 13.1 Å². The molecule has 4 heteroatoms. The Hall–Kier alpha value is -0.900. The molecule has 1 unspecified atom stereocenters. The lowest BCUT2D eigenvalue weighted by atomic mass is 9.92. The van der Waals surface area contributed by atoms with Crippen molar-refractivity contribution in [1.82, 2.24) is 10.2 Å². The van der Waals surface area contributed by atoms with Gasteiger partial charge in [0.25, 0.3) is 0 Å². The minimum Gasteiger partial charge on any atom is -0.312 e. The fourth-order valence-corrected chi connectivity index (χ4v) is 2.51. The molecule has 16 heavy (non-hydrogen) atoms. The molecule has 0 aromatic carbocycles. The molecule has 0 spiro atoms. The van der Waals surface area contributed by atoms with Crippen LogP contribution in [0, 0.1) is 5.41 Å². The van der Waals surface area contributed by atoms with Crippen LogP contribution in [0.2, 0.25) is 0 Å². The first kappa shape index (κ1) is 11.6. The van der Waals surface area contributed by atoms with Gasteiger partial charge in [0.2, 0.25) is 11.8 Å². The fourth-order valence-electron chi connectivity index (χ4n) is 2.51. The molecule has 0 aliphatic carbocycles. The highest BCUT2D eigenvalue weighted by molar-refractivity contribution is 6.05. The Labute approximate surface area is 96.4 Å². The van der Waals surface area contributed by atoms with E-state index in [1.807, 2.05) is 13.8 Å². The van der Waals surface area contributed by atoms with Crippen LogP contribution in [0.5, 0.6) is 0 Å². The first-order chi connectivity index (χ1) is 7.50. The van der Waals surface area contributed by atoms with Crippen molar-refractivity contribution in [1.29, 1.82) is 0 Å². The average molecular weight is 224 g/mol. The third kappa shape index (κ3) is 2.12. The highest BCUT2D eigenvalue weighted by atomic mass is 16.2. The lowest BCUT2D eigenvalue weighted by molar-refractivity contribution is -0.141. The number of carbonyl (C=O) groups is 2. The van der Waals surface area contributed by atoms with Crippen LogP contribution in [0.4, 0.5) is 0 Å². The third-order valence-electron chi connectivity index (χ3n) is 3.53. The van der Waals surface area contributed by atoms with Crippen LogP contribution < -0.4 is 5.32 Å². The number of nitrogens with zero attached hydrogens (tertiary/aromatic N) is 1. The minimum absolute atomic E-state index is 0.00938. The zero-order valence-electron chi connectivity index (χ0n) is 10.1. The van der Waals surface area contributed by atoms with Crippen LogP contribution in [-0.4, -0.2) is 35.8 Å². The van der Waals surface area contributed by atoms with E-state index < -0.39 is 5.41 Å². The zero-order chi connectivity index (χ0) is 11.8. The van der Waals surface area contributed by atoms with Crippen molar-refractivity contribution < 1.29 is 9.59 Å². The van der Waals surface area contributed by atoms with Crippen LogP contribution in [0.25, 0.3) is 0 Å². The van der Waals surface area contributed by atoms with Crippen molar-refractivity contribution in [3.05, 3.63) is 0 Å². The highest BCUT2D eigenvalue weighted by Crippen LogP contribution is 2.31. The van der Waals surface area contributed by atoms with Gasteiger partial charge in [0, 0.05) is 19.0 Å². The summed E-state index contributed by atoms with van der Waals surface area (Å²) < 4.78 is 0. The lowest BCUT2D eigenvalue weighted by Gasteiger charge is -2.27. The average Bonchev–Trinajstić information content (AvgIpc) is 2.42. The molecule has 0 bridgehead atoms. The summed E-state index contributed by atoms with van der Waals surface area (Å²) in [4.78, 5) is 25.2. The number of hydrogen-bond acceptors (Lipinski definition) is 3. The Morgan fingerprint density at radius 3 is 2.62 bits per heavy atom. The molecule has 2 aliphatic heterocycles. The van der Waals surface area contributed by atoms with Gasteiger partial charge in [-0.25, -0.2) is 0 Å². The SMILES string of the molecule is CC1(C)CC(=O)N(CC2CCCCN2)C1=O. The Kier molecular flexibility index (Phi) is 3.02. The Balaban J connectivity index is 1.99. The number of imide groups is 1. The maximum atomic E-state index is 12.0. The summed E-state index contributed by atoms with van der Waals surface area (Å²) in [6.07, 6.45) is 3.82. The Bertz CT molecular complexity index is 306. The number of nitrogens with one attached hydrogen (secondary N) is 1. The molecule has 2 rings (SSSR count). The molecular formula is C12H20N2O2. The van der Waals surface area contributed by atoms with Gasteiger partial charge < -0.3 is 5.32 Å². The molecule has 0 aromatic heterocycles. The summed E-state index contributed by atoms with van der Waals surface area (Å²) >= 11 is 0. The molecule has 0 aromatic rings. The second kappa shape index (κ2) is 4.17. The highest BCUT2D eigenvalue weighted by Gasteiger charge is 2.45. The standard InChI is InChI=1S/C12H20N2O2/c1-12(2)7-10(15)14(11(12)16)8-9-5-3-4-6-13-9/h9,13H,3-8H2,1-2H3. The molecule has 0 radical (unpaired) electrons. The molecule has 1 N–H and O–H groups in total. The first-order valence-corrected chi connectivity index (χ1v) is 6.09. The van der Waals surface area contributed by atoms with E-state index >= 15 is 0 Å². The summed E-state index contributed by atoms with van der Waals surface area (Å²) in [5.41, 5.74) is -0.494. The lowest BCUT2D eigenvalue weighted by Crippen LogP contribution is -2.46. The maximum absolute atomic E-state index is 12.0. The monoisotopic (exact) mass is 224 g/mol. The molecule has 1 atom stereocenters. The van der Waals surface area contributed by atoms with Crippen molar-refractivity contribution in [3.8, 4) is 0 Å². The van der Waals surface area contributed by atoms with E-state index in [4.69, 9.17) is 0 Å². The second-order valence-electron chi connectivity index (χ2n) is 5.52. The Morgan fingerprint density at radius 1 is 1.38 bits per heavy atom. The minimum atomic E-state index is -0.494. The van der Waals surface area contributed by atoms with E-state index in [0.29, 0.717) is 19.0 Å². The van der Waals surface area contributed by atoms with Crippen LogP contribution in [0.1, 0.15) is 39.5 Å². The quantitative estimate of drug-likeness (QED) is 0.709. The predicted octanol–water partition coefficient (Wildman–Crippen LogP) is 0.914. The van der Waals surface area contributed by atoms with Gasteiger partial charge in [-0.05, 0) is 19.4 Å². The molecule has 0 saturated carbocycles. The van der Waals surface area contributed by atoms with Gasteiger partial charge in [0.15, 0.2) is 0 Å². The van der Waals surface area contributed by atoms with Crippen LogP contribution >= 0.6 is 0 Å². The maximum Gasteiger partial charge on any atom is 0.235 e. The second-order valence-corrected chi connectivity index (χ2v) is 5.52. The molecule has 90 valence electrons. The summed E-state index contributed by atoms with van der Waals surface area (Å²) in [6.45, 7) is 5.26. The van der Waals surface area contributed by atoms with Gasteiger partial charge in [-0.15, -0.1) is 0 Å². The van der Waals surface area contributed by atoms with Crippen LogP contribution in [0.3, 0.4) is 0 Å². The van der Waals surface area contributed by atoms with E-state index in [0.717, 1.165) is 13.0 Å². The Morgan fingerprint density at radius 2 is 2.12 bits per heavy atom. The van der Waals surface area contributed by atoms with Crippen molar-refractivity contribution >= 4 is 11.8 Å². The zero-order valence-corrected chi connectivity index (χ0v) is 10.1. The van der Waals surface area contributed by atoms with Gasteiger partial charge in [-0.1, -0.05) is 20.3 Å². The van der Waals surface area contributed by atoms with E-state index in [1.54, 1.807) is 0 Å². The third-order valence-corrected chi connectivity index (χ3v) is 3.53. The molecule has 2 heterocycles. The number of carbonyl (C=O) groups excluding carboxylic acids is 2. The number of piperidine rings is 1. The van der Waals surface area contributed by atoms with Gasteiger partial charge in [0.1, 0.15) is 0 Å². The molecular weight excluding hydrogens is 204 g/mol. The van der Waals surface area contributed by atoms with Crippen molar-refractivity contribution in [2.45, 2.75) is 45.6 Å². The molecule has 4 nitrogen and oxygen atoms in total. The predicted molar refractivity (Wildman–Crippen MR) is 60.8 cm³/mol. The van der Waals surface area contributed by atoms with Crippen LogP contribution in [0.15, 0.2) is 0 Å². The largest absolute Gasteiger partial charge is 0.312 e. The first-order valence-electron chi connectivity index (χ1n) is 6.09. The molecule has 2 saturated heterocycles. The molecule has 2 fully saturated rings. The van der Waals surface area contributed by atoms with Gasteiger partial charge in [-0.3, -0.25) is 14.5 Å². The molecule has 2 amide bonds. The summed E-state index contributed by atoms with van der Waals surface area (Å²) in [5.74, 6) is -0.0211. The van der Waals surface area contributed by atoms with E-state index in [2.05, 4.69) is 5.32 Å². The van der Waals surface area contributed by atoms with Crippen molar-refractivity contribution in [2.24, 2.45) is 5.41 Å². The van der Waals surface area contributed by atoms with E-state index in [-0.39, 0.29) is 11.8 Å². The number of likely N-dealkylation sites (tertiary alicyclic amines) is 1.